The summed E-state index contributed by atoms with van der Waals surface area (Å²) >= 11 is 1.46. The van der Waals surface area contributed by atoms with Crippen molar-refractivity contribution in [2.24, 2.45) is 0 Å². The van der Waals surface area contributed by atoms with E-state index in [9.17, 15) is 9.18 Å². The third-order valence-corrected chi connectivity index (χ3v) is 10.00. The number of benzene rings is 2. The van der Waals surface area contributed by atoms with Gasteiger partial charge < -0.3 is 19.3 Å². The maximum Gasteiger partial charge on any atom is 0.246 e. The van der Waals surface area contributed by atoms with Crippen LogP contribution < -0.4 is 4.74 Å². The first-order chi connectivity index (χ1) is 22.8. The van der Waals surface area contributed by atoms with Crippen molar-refractivity contribution in [1.82, 2.24) is 24.6 Å². The summed E-state index contributed by atoms with van der Waals surface area (Å²) < 4.78 is 44.5. The summed E-state index contributed by atoms with van der Waals surface area (Å²) in [6, 6.07) is 12.2. The van der Waals surface area contributed by atoms with Crippen LogP contribution in [-0.4, -0.2) is 70.9 Å². The Balaban J connectivity index is 1.48. The summed E-state index contributed by atoms with van der Waals surface area (Å²) in [5, 5.41) is 7.78. The first-order valence-electron chi connectivity index (χ1n) is 15.6. The van der Waals surface area contributed by atoms with Gasteiger partial charge in [-0.1, -0.05) is 18.7 Å². The highest BCUT2D eigenvalue weighted by Crippen LogP contribution is 2.47. The molecule has 0 spiro atoms. The van der Waals surface area contributed by atoms with E-state index < -0.39 is 11.6 Å². The topological polar surface area (TPSA) is 72.7 Å². The van der Waals surface area contributed by atoms with Crippen molar-refractivity contribution in [3.05, 3.63) is 89.0 Å². The molecule has 0 radical (unpaired) electrons. The molecule has 2 aromatic carbocycles. The molecule has 0 aliphatic carbocycles. The quantitative estimate of drug-likeness (QED) is 0.134. The molecule has 3 aromatic heterocycles. The highest BCUT2D eigenvalue weighted by atomic mass is 32.1. The highest BCUT2D eigenvalue weighted by Gasteiger charge is 2.31. The molecule has 2 aliphatic heterocycles. The molecule has 47 heavy (non-hydrogen) atoms. The Morgan fingerprint density at radius 3 is 2.72 bits per heavy atom. The molecule has 0 saturated carbocycles. The standard InChI is InChI=1S/C36H35F2N5O3S/c1-5-31(44)42-11-12-43-29(21(42)2)19-28(40-43)35-33(32-27(38)17-25(37)18-30(32)46-14-13-45-4)36-26(9-15-47-36)34(39-35)23-7-6-22-8-10-41(3)20-24(22)16-23/h5-7,9,15-19,21H,1,8,10-14,20H2,2-4H3/t21-/m1/s1. The van der Waals surface area contributed by atoms with Crippen LogP contribution in [0, 0.1) is 11.6 Å². The molecular formula is C36H35F2N5O3S. The lowest BCUT2D eigenvalue weighted by molar-refractivity contribution is -0.129. The Labute approximate surface area is 275 Å². The molecule has 5 aromatic rings. The van der Waals surface area contributed by atoms with Gasteiger partial charge in [-0.05, 0) is 61.2 Å². The van der Waals surface area contributed by atoms with Crippen LogP contribution in [-0.2, 0) is 29.0 Å². The number of hydrogen-bond donors (Lipinski definition) is 0. The zero-order chi connectivity index (χ0) is 32.8. The summed E-state index contributed by atoms with van der Waals surface area (Å²) in [5.41, 5.74) is 6.67. The predicted octanol–water partition coefficient (Wildman–Crippen LogP) is 6.87. The molecule has 0 bridgehead atoms. The van der Waals surface area contributed by atoms with Gasteiger partial charge in [0.1, 0.15) is 35.4 Å². The molecule has 0 N–H and O–H groups in total. The third kappa shape index (κ3) is 5.62. The van der Waals surface area contributed by atoms with E-state index in [2.05, 4.69) is 36.7 Å². The van der Waals surface area contributed by atoms with Crippen molar-refractivity contribution < 1.29 is 23.0 Å². The van der Waals surface area contributed by atoms with Crippen LogP contribution in [0.25, 0.3) is 43.9 Å². The molecule has 2 aliphatic rings. The highest BCUT2D eigenvalue weighted by molar-refractivity contribution is 7.18. The van der Waals surface area contributed by atoms with E-state index in [0.717, 1.165) is 52.6 Å². The zero-order valence-electron chi connectivity index (χ0n) is 26.6. The van der Waals surface area contributed by atoms with Gasteiger partial charge in [0, 0.05) is 60.1 Å². The Bertz CT molecular complexity index is 2020. The number of carbonyl (C=O) groups excluding carboxylic acids is 1. The SMILES string of the molecule is C=CC(=O)N1CCn2nc(-c3nc(-c4ccc5c(c4)CN(C)CC5)c4ccsc4c3-c3c(F)cc(F)cc3OCCOC)cc2[C@H]1C. The van der Waals surface area contributed by atoms with Crippen LogP contribution in [0.15, 0.2) is 60.5 Å². The molecular weight excluding hydrogens is 620 g/mol. The molecule has 0 unspecified atom stereocenters. The summed E-state index contributed by atoms with van der Waals surface area (Å²) in [6.07, 6.45) is 2.30. The lowest BCUT2D eigenvalue weighted by Gasteiger charge is -2.33. The number of methoxy groups -OCH3 is 1. The normalized spacial score (nSPS) is 16.3. The van der Waals surface area contributed by atoms with Crippen molar-refractivity contribution in [3.8, 4) is 39.5 Å². The maximum absolute atomic E-state index is 16.1. The van der Waals surface area contributed by atoms with Crippen LogP contribution in [0.1, 0.15) is 29.8 Å². The van der Waals surface area contributed by atoms with Gasteiger partial charge in [-0.25, -0.2) is 13.8 Å². The van der Waals surface area contributed by atoms with E-state index in [1.165, 1.54) is 41.7 Å². The lowest BCUT2D eigenvalue weighted by Crippen LogP contribution is -2.40. The fourth-order valence-electron chi connectivity index (χ4n) is 6.69. The molecule has 1 atom stereocenters. The van der Waals surface area contributed by atoms with E-state index in [-0.39, 0.29) is 36.5 Å². The number of fused-ring (bicyclic) bond motifs is 3. The van der Waals surface area contributed by atoms with E-state index in [1.807, 2.05) is 29.1 Å². The molecule has 11 heteroatoms. The minimum Gasteiger partial charge on any atom is -0.490 e. The van der Waals surface area contributed by atoms with Crippen molar-refractivity contribution in [1.29, 1.82) is 0 Å². The molecule has 7 rings (SSSR count). The number of thiophene rings is 1. The lowest BCUT2D eigenvalue weighted by atomic mass is 9.93. The molecule has 5 heterocycles. The second kappa shape index (κ2) is 12.6. The number of hydrogen-bond acceptors (Lipinski definition) is 7. The number of amides is 1. The third-order valence-electron chi connectivity index (χ3n) is 9.06. The van der Waals surface area contributed by atoms with Crippen molar-refractivity contribution in [3.63, 3.8) is 0 Å². The summed E-state index contributed by atoms with van der Waals surface area (Å²) in [7, 11) is 3.66. The van der Waals surface area contributed by atoms with Gasteiger partial charge in [0.25, 0.3) is 0 Å². The van der Waals surface area contributed by atoms with Crippen molar-refractivity contribution in [2.75, 3.05) is 40.5 Å². The summed E-state index contributed by atoms with van der Waals surface area (Å²) in [4.78, 5) is 22.0. The van der Waals surface area contributed by atoms with Gasteiger partial charge in [-0.3, -0.25) is 9.48 Å². The minimum absolute atomic E-state index is 0.0574. The minimum atomic E-state index is -0.764. The van der Waals surface area contributed by atoms with Crippen LogP contribution in [0.3, 0.4) is 0 Å². The van der Waals surface area contributed by atoms with Crippen LogP contribution in [0.4, 0.5) is 8.78 Å². The fraction of sp³-hybridized carbons (Fsp3) is 0.306. The van der Waals surface area contributed by atoms with Crippen LogP contribution in [0.2, 0.25) is 0 Å². The molecule has 8 nitrogen and oxygen atoms in total. The second-order valence-electron chi connectivity index (χ2n) is 12.0. The van der Waals surface area contributed by atoms with E-state index in [1.54, 1.807) is 4.90 Å². The Hall–Kier alpha value is -4.45. The number of halogens is 2. The Morgan fingerprint density at radius 1 is 1.06 bits per heavy atom. The average Bonchev–Trinajstić information content (AvgIpc) is 3.72. The second-order valence-corrected chi connectivity index (χ2v) is 12.9. The van der Waals surface area contributed by atoms with E-state index >= 15 is 4.39 Å². The molecule has 242 valence electrons. The number of carbonyl (C=O) groups is 1. The van der Waals surface area contributed by atoms with Crippen LogP contribution >= 0.6 is 11.3 Å². The number of aromatic nitrogens is 3. The molecule has 0 fully saturated rings. The molecule has 1 amide bonds. The van der Waals surface area contributed by atoms with Gasteiger partial charge in [0.2, 0.25) is 5.91 Å². The predicted molar refractivity (Wildman–Crippen MR) is 179 cm³/mol. The first kappa shape index (κ1) is 31.2. The van der Waals surface area contributed by atoms with Gasteiger partial charge in [0.15, 0.2) is 0 Å². The van der Waals surface area contributed by atoms with E-state index in [0.29, 0.717) is 30.0 Å². The zero-order valence-corrected chi connectivity index (χ0v) is 27.4. The maximum atomic E-state index is 16.1. The smallest absolute Gasteiger partial charge is 0.246 e. The molecule has 0 saturated heterocycles. The Morgan fingerprint density at radius 2 is 1.91 bits per heavy atom. The monoisotopic (exact) mass is 655 g/mol. The van der Waals surface area contributed by atoms with Crippen LogP contribution in [0.5, 0.6) is 5.75 Å². The largest absolute Gasteiger partial charge is 0.490 e. The number of nitrogens with zero attached hydrogens (tertiary/aromatic N) is 5. The summed E-state index contributed by atoms with van der Waals surface area (Å²) in [6.45, 7) is 8.77. The first-order valence-corrected chi connectivity index (χ1v) is 16.5. The average molecular weight is 656 g/mol. The number of pyridine rings is 1. The Kier molecular flexibility index (Phi) is 8.37. The number of rotatable bonds is 8. The summed E-state index contributed by atoms with van der Waals surface area (Å²) in [5.74, 6) is -1.61. The van der Waals surface area contributed by atoms with E-state index in [4.69, 9.17) is 19.6 Å². The van der Waals surface area contributed by atoms with Gasteiger partial charge in [0.05, 0.1) is 36.1 Å². The van der Waals surface area contributed by atoms with Crippen molar-refractivity contribution in [2.45, 2.75) is 32.5 Å². The number of likely N-dealkylation sites (N-methyl/N-ethyl adjacent to an activating group) is 1. The fourth-order valence-corrected chi connectivity index (χ4v) is 7.63. The van der Waals surface area contributed by atoms with Crippen molar-refractivity contribution >= 4 is 27.3 Å². The van der Waals surface area contributed by atoms with Gasteiger partial charge >= 0.3 is 0 Å². The van der Waals surface area contributed by atoms with Gasteiger partial charge in [-0.15, -0.1) is 11.3 Å². The number of ether oxygens (including phenoxy) is 2. The van der Waals surface area contributed by atoms with Gasteiger partial charge in [-0.2, -0.15) is 5.10 Å².